The maximum Gasteiger partial charge on any atom is 0.227 e. The van der Waals surface area contributed by atoms with E-state index in [-0.39, 0.29) is 17.7 Å². The van der Waals surface area contributed by atoms with Crippen molar-refractivity contribution in [1.82, 2.24) is 10.3 Å². The Kier molecular flexibility index (Phi) is 7.42. The lowest BCUT2D eigenvalue weighted by Gasteiger charge is -2.23. The first kappa shape index (κ1) is 21.5. The van der Waals surface area contributed by atoms with Crippen LogP contribution in [0.3, 0.4) is 0 Å². The van der Waals surface area contributed by atoms with E-state index < -0.39 is 0 Å². The van der Waals surface area contributed by atoms with Crippen LogP contribution in [0.1, 0.15) is 61.7 Å². The summed E-state index contributed by atoms with van der Waals surface area (Å²) < 4.78 is 0. The van der Waals surface area contributed by atoms with Gasteiger partial charge in [-0.15, -0.1) is 11.3 Å². The van der Waals surface area contributed by atoms with Crippen LogP contribution in [0.15, 0.2) is 29.6 Å². The predicted octanol–water partition coefficient (Wildman–Crippen LogP) is 4.46. The fraction of sp³-hybridized carbons (Fsp3) is 0.522. The molecular weight excluding hydrogens is 382 g/mol. The highest BCUT2D eigenvalue weighted by Crippen LogP contribution is 2.33. The summed E-state index contributed by atoms with van der Waals surface area (Å²) in [6.07, 6.45) is 4.19. The summed E-state index contributed by atoms with van der Waals surface area (Å²) in [7, 11) is 0. The predicted molar refractivity (Wildman–Crippen MR) is 118 cm³/mol. The molecule has 2 aromatic rings. The van der Waals surface area contributed by atoms with Gasteiger partial charge in [0.15, 0.2) is 0 Å². The molecule has 1 aliphatic heterocycles. The maximum atomic E-state index is 12.6. The Balaban J connectivity index is 1.49. The second-order valence-corrected chi connectivity index (χ2v) is 8.85. The summed E-state index contributed by atoms with van der Waals surface area (Å²) in [5.41, 5.74) is 3.21. The van der Waals surface area contributed by atoms with Crippen LogP contribution in [-0.2, 0) is 16.0 Å². The van der Waals surface area contributed by atoms with Crippen LogP contribution in [-0.4, -0.2) is 29.9 Å². The van der Waals surface area contributed by atoms with Crippen molar-refractivity contribution in [1.29, 1.82) is 0 Å². The maximum absolute atomic E-state index is 12.6. The highest BCUT2D eigenvalue weighted by atomic mass is 32.1. The number of carbonyl (C=O) groups is 2. The van der Waals surface area contributed by atoms with Gasteiger partial charge in [0.25, 0.3) is 0 Å². The Hall–Kier alpha value is -2.21. The molecule has 6 heteroatoms. The summed E-state index contributed by atoms with van der Waals surface area (Å²) in [5.74, 6) is 0.148. The molecule has 5 nitrogen and oxygen atoms in total. The molecule has 2 unspecified atom stereocenters. The molecule has 0 saturated carbocycles. The minimum absolute atomic E-state index is 0.00744. The number of nitrogens with one attached hydrogen (secondary N) is 1. The largest absolute Gasteiger partial charge is 0.356 e. The number of benzene rings is 1. The van der Waals surface area contributed by atoms with E-state index in [1.807, 2.05) is 25.1 Å². The van der Waals surface area contributed by atoms with Gasteiger partial charge < -0.3 is 10.2 Å². The molecule has 2 amide bonds. The van der Waals surface area contributed by atoms with E-state index in [2.05, 4.69) is 35.6 Å². The van der Waals surface area contributed by atoms with E-state index in [1.165, 1.54) is 5.56 Å². The lowest BCUT2D eigenvalue weighted by atomic mass is 9.96. The summed E-state index contributed by atoms with van der Waals surface area (Å²) in [5, 5.41) is 6.25. The Morgan fingerprint density at radius 2 is 2.14 bits per heavy atom. The van der Waals surface area contributed by atoms with E-state index in [0.717, 1.165) is 42.1 Å². The number of rotatable bonds is 9. The van der Waals surface area contributed by atoms with Crippen LogP contribution in [0.25, 0.3) is 0 Å². The minimum atomic E-state index is -0.269. The number of aromatic nitrogens is 1. The van der Waals surface area contributed by atoms with Crippen molar-refractivity contribution in [3.8, 4) is 0 Å². The second kappa shape index (κ2) is 10.0. The minimum Gasteiger partial charge on any atom is -0.356 e. The zero-order valence-electron chi connectivity index (χ0n) is 17.6. The molecule has 1 N–H and O–H groups in total. The van der Waals surface area contributed by atoms with Crippen LogP contribution >= 0.6 is 11.3 Å². The van der Waals surface area contributed by atoms with Crippen molar-refractivity contribution in [3.05, 3.63) is 45.9 Å². The van der Waals surface area contributed by atoms with Crippen molar-refractivity contribution < 1.29 is 9.59 Å². The molecule has 29 heavy (non-hydrogen) atoms. The Morgan fingerprint density at radius 1 is 1.34 bits per heavy atom. The topological polar surface area (TPSA) is 62.3 Å². The summed E-state index contributed by atoms with van der Waals surface area (Å²) >= 11 is 1.70. The first-order valence-corrected chi connectivity index (χ1v) is 11.5. The molecule has 1 saturated heterocycles. The number of para-hydroxylation sites is 1. The molecule has 2 heterocycles. The Bertz CT molecular complexity index is 848. The molecule has 0 bridgehead atoms. The van der Waals surface area contributed by atoms with Gasteiger partial charge in [-0.1, -0.05) is 32.0 Å². The fourth-order valence-corrected chi connectivity index (χ4v) is 4.58. The highest BCUT2D eigenvalue weighted by molar-refractivity contribution is 7.09. The number of thiazole rings is 1. The molecule has 0 spiro atoms. The second-order valence-electron chi connectivity index (χ2n) is 7.90. The van der Waals surface area contributed by atoms with Crippen molar-refractivity contribution >= 4 is 28.8 Å². The van der Waals surface area contributed by atoms with Crippen LogP contribution in [0.5, 0.6) is 0 Å². The van der Waals surface area contributed by atoms with Gasteiger partial charge in [0.1, 0.15) is 0 Å². The van der Waals surface area contributed by atoms with Gasteiger partial charge in [-0.3, -0.25) is 9.59 Å². The number of carbonyl (C=O) groups excluding carboxylic acids is 2. The van der Waals surface area contributed by atoms with Crippen molar-refractivity contribution in [2.45, 2.75) is 58.8 Å². The quantitative estimate of drug-likeness (QED) is 0.618. The third kappa shape index (κ3) is 5.44. The third-order valence-corrected chi connectivity index (χ3v) is 6.68. The van der Waals surface area contributed by atoms with Gasteiger partial charge in [0, 0.05) is 36.3 Å². The molecule has 0 radical (unpaired) electrons. The average molecular weight is 414 g/mol. The number of unbranched alkanes of at least 4 members (excludes halogenated alkanes) is 1. The first-order valence-electron chi connectivity index (χ1n) is 10.6. The van der Waals surface area contributed by atoms with E-state index in [0.29, 0.717) is 25.4 Å². The van der Waals surface area contributed by atoms with E-state index in [4.69, 9.17) is 0 Å². The number of anilines is 1. The van der Waals surface area contributed by atoms with E-state index in [1.54, 1.807) is 16.2 Å². The molecule has 3 rings (SSSR count). The smallest absolute Gasteiger partial charge is 0.227 e. The molecular formula is C23H31N3O2S. The fourth-order valence-electron chi connectivity index (χ4n) is 3.76. The molecule has 2 atom stereocenters. The number of hydrogen-bond donors (Lipinski definition) is 1. The van der Waals surface area contributed by atoms with Gasteiger partial charge in [0.2, 0.25) is 11.8 Å². The summed E-state index contributed by atoms with van der Waals surface area (Å²) in [4.78, 5) is 31.5. The van der Waals surface area contributed by atoms with Gasteiger partial charge in [-0.25, -0.2) is 4.98 Å². The number of hydrogen-bond acceptors (Lipinski definition) is 4. The van der Waals surface area contributed by atoms with Gasteiger partial charge in [-0.05, 0) is 50.2 Å². The average Bonchev–Trinajstić information content (AvgIpc) is 3.32. The SMILES string of the molecule is CCC(C)c1ccccc1N1CC(C(=O)NCCCCc2nc(C)cs2)CC1=O. The van der Waals surface area contributed by atoms with Crippen LogP contribution in [0.2, 0.25) is 0 Å². The first-order chi connectivity index (χ1) is 14.0. The standard InChI is InChI=1S/C23H31N3O2S/c1-4-16(2)19-9-5-6-10-20(19)26-14-18(13-22(26)27)23(28)24-12-8-7-11-21-25-17(3)15-29-21/h5-6,9-10,15-16,18H,4,7-8,11-14H2,1-3H3,(H,24,28). The normalized spacial score (nSPS) is 17.6. The molecule has 1 aromatic carbocycles. The summed E-state index contributed by atoms with van der Waals surface area (Å²) in [6.45, 7) is 7.46. The molecule has 0 aliphatic carbocycles. The van der Waals surface area contributed by atoms with Gasteiger partial charge in [-0.2, -0.15) is 0 Å². The van der Waals surface area contributed by atoms with Crippen molar-refractivity contribution in [3.63, 3.8) is 0 Å². The van der Waals surface area contributed by atoms with Crippen molar-refractivity contribution in [2.75, 3.05) is 18.0 Å². The number of amides is 2. The zero-order valence-corrected chi connectivity index (χ0v) is 18.4. The van der Waals surface area contributed by atoms with Crippen LogP contribution in [0, 0.1) is 12.8 Å². The third-order valence-electron chi connectivity index (χ3n) is 5.65. The molecule has 1 aliphatic rings. The molecule has 156 valence electrons. The van der Waals surface area contributed by atoms with E-state index >= 15 is 0 Å². The van der Waals surface area contributed by atoms with Gasteiger partial charge >= 0.3 is 0 Å². The molecule has 1 fully saturated rings. The van der Waals surface area contributed by atoms with Crippen LogP contribution < -0.4 is 10.2 Å². The van der Waals surface area contributed by atoms with Gasteiger partial charge in [0.05, 0.1) is 10.9 Å². The zero-order chi connectivity index (χ0) is 20.8. The van der Waals surface area contributed by atoms with E-state index in [9.17, 15) is 9.59 Å². The monoisotopic (exact) mass is 413 g/mol. The molecule has 1 aromatic heterocycles. The number of aryl methyl sites for hydroxylation is 2. The Labute approximate surface area is 177 Å². The Morgan fingerprint density at radius 3 is 2.86 bits per heavy atom. The lowest BCUT2D eigenvalue weighted by molar-refractivity contribution is -0.126. The lowest BCUT2D eigenvalue weighted by Crippen LogP contribution is -2.33. The van der Waals surface area contributed by atoms with Crippen LogP contribution in [0.4, 0.5) is 5.69 Å². The number of nitrogens with zero attached hydrogens (tertiary/aromatic N) is 2. The highest BCUT2D eigenvalue weighted by Gasteiger charge is 2.36. The summed E-state index contributed by atoms with van der Waals surface area (Å²) in [6, 6.07) is 8.07. The van der Waals surface area contributed by atoms with Crippen molar-refractivity contribution in [2.24, 2.45) is 5.92 Å².